The van der Waals surface area contributed by atoms with E-state index < -0.39 is 0 Å². The smallest absolute Gasteiger partial charge is 0.258 e. The summed E-state index contributed by atoms with van der Waals surface area (Å²) in [6.45, 7) is 4.11. The van der Waals surface area contributed by atoms with E-state index in [1.807, 2.05) is 12.1 Å². The van der Waals surface area contributed by atoms with Crippen LogP contribution >= 0.6 is 11.8 Å². The van der Waals surface area contributed by atoms with E-state index in [9.17, 15) is 10.1 Å². The fraction of sp³-hybridized carbons (Fsp3) is 0.200. The van der Waals surface area contributed by atoms with Gasteiger partial charge in [-0.05, 0) is 25.5 Å². The predicted octanol–water partition coefficient (Wildman–Crippen LogP) is 4.50. The summed E-state index contributed by atoms with van der Waals surface area (Å²) in [5.41, 5.74) is 3.36. The second kappa shape index (κ2) is 5.89. The summed E-state index contributed by atoms with van der Waals surface area (Å²) in [4.78, 5) is 11.8. The number of rotatable bonds is 4. The summed E-state index contributed by atoms with van der Waals surface area (Å²) in [7, 11) is 0. The Bertz CT molecular complexity index is 611. The van der Waals surface area contributed by atoms with Gasteiger partial charge in [0.1, 0.15) is 0 Å². The molecule has 0 aromatic heterocycles. The number of aryl methyl sites for hydroxylation is 2. The van der Waals surface area contributed by atoms with Gasteiger partial charge in [0.15, 0.2) is 0 Å². The van der Waals surface area contributed by atoms with Crippen LogP contribution < -0.4 is 0 Å². The molecule has 0 fully saturated rings. The van der Waals surface area contributed by atoms with Crippen LogP contribution in [-0.2, 0) is 5.75 Å². The van der Waals surface area contributed by atoms with Crippen LogP contribution in [-0.4, -0.2) is 4.92 Å². The Morgan fingerprint density at radius 1 is 1.16 bits per heavy atom. The molecule has 0 amide bonds. The van der Waals surface area contributed by atoms with Crippen molar-refractivity contribution < 1.29 is 4.92 Å². The monoisotopic (exact) mass is 273 g/mol. The van der Waals surface area contributed by atoms with Crippen LogP contribution in [0, 0.1) is 24.0 Å². The van der Waals surface area contributed by atoms with Crippen LogP contribution in [0.1, 0.15) is 16.7 Å². The van der Waals surface area contributed by atoms with Crippen LogP contribution in [0.25, 0.3) is 0 Å². The van der Waals surface area contributed by atoms with Gasteiger partial charge in [0.2, 0.25) is 0 Å². The molecule has 0 unspecified atom stereocenters. The van der Waals surface area contributed by atoms with Gasteiger partial charge in [0.05, 0.1) is 4.92 Å². The normalized spacial score (nSPS) is 10.4. The Hall–Kier alpha value is -1.81. The van der Waals surface area contributed by atoms with Crippen molar-refractivity contribution >= 4 is 17.4 Å². The van der Waals surface area contributed by atoms with E-state index in [-0.39, 0.29) is 10.6 Å². The molecule has 0 bridgehead atoms. The summed E-state index contributed by atoms with van der Waals surface area (Å²) in [6, 6.07) is 13.2. The highest BCUT2D eigenvalue weighted by molar-refractivity contribution is 7.98. The topological polar surface area (TPSA) is 43.1 Å². The number of para-hydroxylation sites is 1. The zero-order valence-electron chi connectivity index (χ0n) is 10.9. The van der Waals surface area contributed by atoms with Gasteiger partial charge in [-0.3, -0.25) is 10.1 Å². The molecule has 4 heteroatoms. The first-order valence-corrected chi connectivity index (χ1v) is 6.99. The lowest BCUT2D eigenvalue weighted by Gasteiger charge is -2.07. The van der Waals surface area contributed by atoms with Crippen molar-refractivity contribution in [2.75, 3.05) is 0 Å². The number of benzene rings is 2. The maximum Gasteiger partial charge on any atom is 0.273 e. The largest absolute Gasteiger partial charge is 0.273 e. The highest BCUT2D eigenvalue weighted by Crippen LogP contribution is 2.30. The Balaban J connectivity index is 2.19. The molecule has 2 aromatic carbocycles. The third-order valence-electron chi connectivity index (χ3n) is 2.92. The molecular formula is C15H15NO2S. The maximum absolute atomic E-state index is 11.0. The lowest BCUT2D eigenvalue weighted by Crippen LogP contribution is -1.93. The molecular weight excluding hydrogens is 258 g/mol. The summed E-state index contributed by atoms with van der Waals surface area (Å²) in [5, 5.41) is 11.0. The SMILES string of the molecule is Cc1ccc(C)c(SCc2ccccc2[N+](=O)[O-])c1. The second-order valence-electron chi connectivity index (χ2n) is 4.44. The highest BCUT2D eigenvalue weighted by atomic mass is 32.2. The standard InChI is InChI=1S/C15H15NO2S/c1-11-7-8-12(2)15(9-11)19-10-13-5-3-4-6-14(13)16(17)18/h3-9H,10H2,1-2H3. The number of hydrogen-bond donors (Lipinski definition) is 0. The van der Waals surface area contributed by atoms with Gasteiger partial charge in [-0.25, -0.2) is 0 Å². The van der Waals surface area contributed by atoms with Gasteiger partial charge in [-0.2, -0.15) is 0 Å². The van der Waals surface area contributed by atoms with Gasteiger partial charge in [0, 0.05) is 22.3 Å². The van der Waals surface area contributed by atoms with E-state index in [0.717, 1.165) is 5.56 Å². The lowest BCUT2D eigenvalue weighted by atomic mass is 10.2. The molecule has 98 valence electrons. The third-order valence-corrected chi connectivity index (χ3v) is 4.12. The second-order valence-corrected chi connectivity index (χ2v) is 5.46. The third kappa shape index (κ3) is 3.35. The van der Waals surface area contributed by atoms with Crippen LogP contribution in [0.5, 0.6) is 0 Å². The molecule has 0 atom stereocenters. The predicted molar refractivity (Wildman–Crippen MR) is 78.6 cm³/mol. The van der Waals surface area contributed by atoms with Gasteiger partial charge in [0.25, 0.3) is 5.69 Å². The first-order chi connectivity index (χ1) is 9.08. The maximum atomic E-state index is 11.0. The van der Waals surface area contributed by atoms with Gasteiger partial charge < -0.3 is 0 Å². The highest BCUT2D eigenvalue weighted by Gasteiger charge is 2.12. The molecule has 0 saturated carbocycles. The van der Waals surface area contributed by atoms with E-state index in [1.165, 1.54) is 16.0 Å². The van der Waals surface area contributed by atoms with E-state index in [4.69, 9.17) is 0 Å². The Morgan fingerprint density at radius 2 is 1.89 bits per heavy atom. The molecule has 0 radical (unpaired) electrons. The molecule has 0 aliphatic rings. The summed E-state index contributed by atoms with van der Waals surface area (Å²) >= 11 is 1.64. The van der Waals surface area contributed by atoms with Crippen LogP contribution in [0.2, 0.25) is 0 Å². The van der Waals surface area contributed by atoms with Gasteiger partial charge >= 0.3 is 0 Å². The number of thioether (sulfide) groups is 1. The number of nitrogens with zero attached hydrogens (tertiary/aromatic N) is 1. The molecule has 0 N–H and O–H groups in total. The van der Waals surface area contributed by atoms with E-state index in [0.29, 0.717) is 5.75 Å². The molecule has 0 heterocycles. The van der Waals surface area contributed by atoms with Gasteiger partial charge in [-0.1, -0.05) is 35.9 Å². The first kappa shape index (κ1) is 13.6. The van der Waals surface area contributed by atoms with Crippen molar-refractivity contribution in [2.45, 2.75) is 24.5 Å². The van der Waals surface area contributed by atoms with E-state index in [2.05, 4.69) is 32.0 Å². The molecule has 0 saturated heterocycles. The van der Waals surface area contributed by atoms with E-state index in [1.54, 1.807) is 23.9 Å². The van der Waals surface area contributed by atoms with E-state index >= 15 is 0 Å². The fourth-order valence-electron chi connectivity index (χ4n) is 1.83. The minimum Gasteiger partial charge on any atom is -0.258 e. The quantitative estimate of drug-likeness (QED) is 0.468. The summed E-state index contributed by atoms with van der Waals surface area (Å²) in [5.74, 6) is 0.613. The van der Waals surface area contributed by atoms with Crippen LogP contribution in [0.15, 0.2) is 47.4 Å². The van der Waals surface area contributed by atoms with Crippen molar-refractivity contribution in [1.29, 1.82) is 0 Å². The zero-order valence-corrected chi connectivity index (χ0v) is 11.7. The van der Waals surface area contributed by atoms with Crippen molar-refractivity contribution in [1.82, 2.24) is 0 Å². The number of nitro groups is 1. The van der Waals surface area contributed by atoms with Crippen LogP contribution in [0.4, 0.5) is 5.69 Å². The Kier molecular flexibility index (Phi) is 4.22. The summed E-state index contributed by atoms with van der Waals surface area (Å²) < 4.78 is 0. The Morgan fingerprint density at radius 3 is 2.63 bits per heavy atom. The molecule has 19 heavy (non-hydrogen) atoms. The lowest BCUT2D eigenvalue weighted by molar-refractivity contribution is -0.385. The molecule has 0 spiro atoms. The first-order valence-electron chi connectivity index (χ1n) is 6.00. The fourth-order valence-corrected chi connectivity index (χ4v) is 2.95. The minimum atomic E-state index is -0.320. The van der Waals surface area contributed by atoms with Crippen molar-refractivity contribution in [3.05, 3.63) is 69.3 Å². The molecule has 3 nitrogen and oxygen atoms in total. The molecule has 2 aromatic rings. The Labute approximate surface area is 116 Å². The van der Waals surface area contributed by atoms with Gasteiger partial charge in [-0.15, -0.1) is 11.8 Å². The molecule has 2 rings (SSSR count). The zero-order chi connectivity index (χ0) is 13.8. The minimum absolute atomic E-state index is 0.195. The average Bonchev–Trinajstić information content (AvgIpc) is 2.40. The van der Waals surface area contributed by atoms with Crippen molar-refractivity contribution in [3.8, 4) is 0 Å². The number of hydrogen-bond acceptors (Lipinski definition) is 3. The molecule has 0 aliphatic heterocycles. The van der Waals surface area contributed by atoms with Crippen molar-refractivity contribution in [3.63, 3.8) is 0 Å². The van der Waals surface area contributed by atoms with Crippen molar-refractivity contribution in [2.24, 2.45) is 0 Å². The summed E-state index contributed by atoms with van der Waals surface area (Å²) in [6.07, 6.45) is 0. The average molecular weight is 273 g/mol. The number of nitro benzene ring substituents is 1. The molecule has 0 aliphatic carbocycles. The van der Waals surface area contributed by atoms with Crippen LogP contribution in [0.3, 0.4) is 0 Å².